The summed E-state index contributed by atoms with van der Waals surface area (Å²) in [5, 5.41) is 18.5. The first-order valence-corrected chi connectivity index (χ1v) is 6.60. The average Bonchev–Trinajstić information content (AvgIpc) is 2.98. The summed E-state index contributed by atoms with van der Waals surface area (Å²) < 4.78 is 20.5. The van der Waals surface area contributed by atoms with Crippen LogP contribution in [-0.4, -0.2) is 67.2 Å². The van der Waals surface area contributed by atoms with Crippen LogP contribution >= 0.6 is 0 Å². The van der Waals surface area contributed by atoms with Crippen molar-refractivity contribution < 1.29 is 38.8 Å². The van der Waals surface area contributed by atoms with Gasteiger partial charge in [0.25, 0.3) is 5.09 Å². The molecule has 21 heavy (non-hydrogen) atoms. The minimum Gasteiger partial charge on any atom is -0.434 e. The monoisotopic (exact) mass is 307 g/mol. The second-order valence-corrected chi connectivity index (χ2v) is 4.68. The van der Waals surface area contributed by atoms with Crippen LogP contribution < -0.4 is 0 Å². The van der Waals surface area contributed by atoms with Crippen molar-refractivity contribution in [2.75, 3.05) is 26.4 Å². The third-order valence-corrected chi connectivity index (χ3v) is 3.18. The topological polar surface area (TPSA) is 127 Å². The molecule has 1 N–H and O–H groups in total. The van der Waals surface area contributed by atoms with Crippen LogP contribution in [0.25, 0.3) is 0 Å². The molecular formula is C11H17NO9. The summed E-state index contributed by atoms with van der Waals surface area (Å²) in [6.07, 6.45) is -2.29. The van der Waals surface area contributed by atoms with E-state index in [-0.39, 0.29) is 26.4 Å². The molecule has 0 bridgehead atoms. The Kier molecular flexibility index (Phi) is 5.53. The number of rotatable bonds is 7. The Morgan fingerprint density at radius 3 is 2.71 bits per heavy atom. The third-order valence-electron chi connectivity index (χ3n) is 3.18. The maximum Gasteiger partial charge on any atom is 0.508 e. The van der Waals surface area contributed by atoms with Crippen molar-refractivity contribution in [2.45, 2.75) is 37.3 Å². The quantitative estimate of drug-likeness (QED) is 0.290. The molecule has 0 amide bonds. The van der Waals surface area contributed by atoms with Crippen molar-refractivity contribution in [3.63, 3.8) is 0 Å². The van der Waals surface area contributed by atoms with E-state index in [4.69, 9.17) is 18.9 Å². The second-order valence-electron chi connectivity index (χ2n) is 4.68. The molecule has 10 nitrogen and oxygen atoms in total. The Morgan fingerprint density at radius 2 is 1.95 bits per heavy atom. The third kappa shape index (κ3) is 4.41. The van der Waals surface area contributed by atoms with Gasteiger partial charge in [0.1, 0.15) is 18.3 Å². The minimum absolute atomic E-state index is 0.0443. The van der Waals surface area contributed by atoms with Gasteiger partial charge < -0.3 is 28.9 Å². The number of aliphatic hydroxyl groups is 1. The van der Waals surface area contributed by atoms with Crippen molar-refractivity contribution in [3.05, 3.63) is 10.1 Å². The van der Waals surface area contributed by atoms with Gasteiger partial charge in [-0.05, 0) is 12.8 Å². The summed E-state index contributed by atoms with van der Waals surface area (Å²) in [4.78, 5) is 25.4. The van der Waals surface area contributed by atoms with Crippen LogP contribution in [0, 0.1) is 10.1 Å². The zero-order chi connectivity index (χ0) is 15.2. The van der Waals surface area contributed by atoms with Gasteiger partial charge in [-0.25, -0.2) is 4.79 Å². The van der Waals surface area contributed by atoms with Gasteiger partial charge in [-0.1, -0.05) is 0 Å². The highest BCUT2D eigenvalue weighted by Crippen LogP contribution is 2.28. The lowest BCUT2D eigenvalue weighted by Gasteiger charge is -2.16. The highest BCUT2D eigenvalue weighted by Gasteiger charge is 2.49. The van der Waals surface area contributed by atoms with Crippen LogP contribution in [0.15, 0.2) is 0 Å². The molecule has 0 radical (unpaired) electrons. The van der Waals surface area contributed by atoms with E-state index in [9.17, 15) is 20.0 Å². The van der Waals surface area contributed by atoms with Gasteiger partial charge in [-0.3, -0.25) is 0 Å². The molecule has 0 spiro atoms. The van der Waals surface area contributed by atoms with Gasteiger partial charge in [-0.15, -0.1) is 10.1 Å². The molecule has 0 saturated carbocycles. The number of nitrogens with zero attached hydrogens (tertiary/aromatic N) is 1. The molecule has 10 heteroatoms. The molecule has 0 aromatic heterocycles. The van der Waals surface area contributed by atoms with E-state index in [1.807, 2.05) is 0 Å². The minimum atomic E-state index is -0.873. The van der Waals surface area contributed by atoms with Gasteiger partial charge >= 0.3 is 6.16 Å². The molecule has 2 aliphatic rings. The van der Waals surface area contributed by atoms with E-state index >= 15 is 0 Å². The lowest BCUT2D eigenvalue weighted by molar-refractivity contribution is -0.757. The van der Waals surface area contributed by atoms with Gasteiger partial charge in [0.05, 0.1) is 26.4 Å². The first-order chi connectivity index (χ1) is 10.1. The lowest BCUT2D eigenvalue weighted by atomic mass is 10.1. The first-order valence-electron chi connectivity index (χ1n) is 6.60. The fourth-order valence-electron chi connectivity index (χ4n) is 2.20. The predicted molar refractivity (Wildman–Crippen MR) is 63.9 cm³/mol. The van der Waals surface area contributed by atoms with Crippen LogP contribution in [0.4, 0.5) is 4.79 Å². The maximum absolute atomic E-state index is 11.5. The molecule has 2 aliphatic heterocycles. The summed E-state index contributed by atoms with van der Waals surface area (Å²) in [6, 6.07) is 0. The first kappa shape index (κ1) is 15.7. The molecule has 0 aromatic rings. The Morgan fingerprint density at radius 1 is 1.24 bits per heavy atom. The van der Waals surface area contributed by atoms with Gasteiger partial charge in [0, 0.05) is 0 Å². The van der Waals surface area contributed by atoms with Gasteiger partial charge in [0.15, 0.2) is 6.10 Å². The van der Waals surface area contributed by atoms with Crippen molar-refractivity contribution in [2.24, 2.45) is 0 Å². The van der Waals surface area contributed by atoms with Crippen LogP contribution in [0.3, 0.4) is 0 Å². The molecule has 0 aliphatic carbocycles. The van der Waals surface area contributed by atoms with E-state index in [0.717, 1.165) is 0 Å². The summed E-state index contributed by atoms with van der Waals surface area (Å²) >= 11 is 0. The van der Waals surface area contributed by atoms with Crippen molar-refractivity contribution in [1.29, 1.82) is 0 Å². The number of hydrogen-bond acceptors (Lipinski definition) is 9. The number of aliphatic hydroxyl groups excluding tert-OH is 1. The standard InChI is InChI=1S/C11H17NO9/c13-7-5-18-10-8(6-19-9(7)10)21-11(14)17-3-1-2-4-20-12(15)16/h7-10,13H,1-6H2/t7-,8-,9-,10?/m1/s1. The highest BCUT2D eigenvalue weighted by atomic mass is 16.9. The Labute approximate surface area is 120 Å². The average molecular weight is 307 g/mol. The Hall–Kier alpha value is -1.65. The summed E-state index contributed by atoms with van der Waals surface area (Å²) in [5.74, 6) is 0. The second kappa shape index (κ2) is 7.38. The molecule has 120 valence electrons. The molecule has 4 atom stereocenters. The Balaban J connectivity index is 1.57. The van der Waals surface area contributed by atoms with Crippen LogP contribution in [0.5, 0.6) is 0 Å². The number of hydrogen-bond donors (Lipinski definition) is 1. The van der Waals surface area contributed by atoms with Gasteiger partial charge in [0.2, 0.25) is 0 Å². The van der Waals surface area contributed by atoms with E-state index < -0.39 is 35.7 Å². The molecular weight excluding hydrogens is 290 g/mol. The summed E-state index contributed by atoms with van der Waals surface area (Å²) in [7, 11) is 0. The SMILES string of the molecule is O=C(OCCCCO[N+](=O)[O-])O[C@@H]1CO[C@H]2C1OC[C@H]2O. The zero-order valence-corrected chi connectivity index (χ0v) is 11.2. The van der Waals surface area contributed by atoms with E-state index in [0.29, 0.717) is 12.8 Å². The fraction of sp³-hybridized carbons (Fsp3) is 0.909. The zero-order valence-electron chi connectivity index (χ0n) is 11.2. The molecule has 2 rings (SSSR count). The van der Waals surface area contributed by atoms with E-state index in [1.165, 1.54) is 0 Å². The predicted octanol–water partition coefficient (Wildman–Crippen LogP) is -0.345. The Bertz CT molecular complexity index is 377. The van der Waals surface area contributed by atoms with Crippen molar-refractivity contribution in [3.8, 4) is 0 Å². The molecule has 1 unspecified atom stereocenters. The van der Waals surface area contributed by atoms with Crippen molar-refractivity contribution in [1.82, 2.24) is 0 Å². The van der Waals surface area contributed by atoms with Gasteiger partial charge in [-0.2, -0.15) is 0 Å². The number of carbonyl (C=O) groups excluding carboxylic acids is 1. The number of carbonyl (C=O) groups is 1. The molecule has 2 fully saturated rings. The molecule has 2 saturated heterocycles. The van der Waals surface area contributed by atoms with Crippen LogP contribution in [0.2, 0.25) is 0 Å². The maximum atomic E-state index is 11.5. The highest BCUT2D eigenvalue weighted by molar-refractivity contribution is 5.60. The largest absolute Gasteiger partial charge is 0.508 e. The smallest absolute Gasteiger partial charge is 0.434 e. The number of ether oxygens (including phenoxy) is 4. The number of fused-ring (bicyclic) bond motifs is 1. The summed E-state index contributed by atoms with van der Waals surface area (Å²) in [6.45, 7) is 0.335. The fourth-order valence-corrected chi connectivity index (χ4v) is 2.20. The van der Waals surface area contributed by atoms with E-state index in [2.05, 4.69) is 4.84 Å². The van der Waals surface area contributed by atoms with Crippen molar-refractivity contribution >= 4 is 6.16 Å². The molecule has 2 heterocycles. The van der Waals surface area contributed by atoms with Crippen LogP contribution in [0.1, 0.15) is 12.8 Å². The lowest BCUT2D eigenvalue weighted by Crippen LogP contribution is -2.34. The van der Waals surface area contributed by atoms with E-state index in [1.54, 1.807) is 0 Å². The van der Waals surface area contributed by atoms with Crippen LogP contribution in [-0.2, 0) is 23.8 Å². The number of unbranched alkanes of at least 4 members (excludes halogenated alkanes) is 1. The molecule has 0 aromatic carbocycles. The summed E-state index contributed by atoms with van der Waals surface area (Å²) in [5.41, 5.74) is 0. The normalized spacial score (nSPS) is 30.7.